The summed E-state index contributed by atoms with van der Waals surface area (Å²) in [4.78, 5) is 0. The largest absolute Gasteiger partial charge is 0.330 e. The molecule has 0 atom stereocenters. The fourth-order valence-electron chi connectivity index (χ4n) is 4.89. The van der Waals surface area contributed by atoms with Gasteiger partial charge in [-0.25, -0.2) is 0 Å². The highest BCUT2D eigenvalue weighted by molar-refractivity contribution is 7.53. The zero-order valence-electron chi connectivity index (χ0n) is 26.3. The molecule has 0 aromatic rings. The quantitative estimate of drug-likeness (QED) is 0.0469. The van der Waals surface area contributed by atoms with Gasteiger partial charge in [0.2, 0.25) is 0 Å². The summed E-state index contributed by atoms with van der Waals surface area (Å²) < 4.78 is 25.2. The third-order valence-corrected chi connectivity index (χ3v) is 9.53. The maximum absolute atomic E-state index is 13.4. The first-order valence-electron chi connectivity index (χ1n) is 17.2. The van der Waals surface area contributed by atoms with Gasteiger partial charge in [-0.05, 0) is 44.9 Å². The average Bonchev–Trinajstić information content (AvgIpc) is 2.92. The smallest absolute Gasteiger partial charge is 0.309 e. The molecule has 4 heteroatoms. The molecule has 0 bridgehead atoms. The molecule has 3 nitrogen and oxygen atoms in total. The molecule has 0 rings (SSSR count). The van der Waals surface area contributed by atoms with Crippen molar-refractivity contribution in [2.45, 2.75) is 188 Å². The van der Waals surface area contributed by atoms with Crippen LogP contribution in [0.3, 0.4) is 0 Å². The van der Waals surface area contributed by atoms with Crippen molar-refractivity contribution in [1.29, 1.82) is 0 Å². The normalized spacial score (nSPS) is 12.2. The molecule has 0 unspecified atom stereocenters. The topological polar surface area (TPSA) is 35.5 Å². The predicted molar refractivity (Wildman–Crippen MR) is 171 cm³/mol. The molecule has 0 aliphatic rings. The van der Waals surface area contributed by atoms with E-state index in [2.05, 4.69) is 32.9 Å². The van der Waals surface area contributed by atoms with Crippen LogP contribution in [-0.4, -0.2) is 19.4 Å². The molecular weight excluding hydrogens is 487 g/mol. The lowest BCUT2D eigenvalue weighted by Crippen LogP contribution is -2.04. The summed E-state index contributed by atoms with van der Waals surface area (Å²) in [5.74, 6) is 0. The predicted octanol–water partition coefficient (Wildman–Crippen LogP) is 13.0. The van der Waals surface area contributed by atoms with Gasteiger partial charge in [0.1, 0.15) is 0 Å². The summed E-state index contributed by atoms with van der Waals surface area (Å²) in [5, 5.41) is 0. The van der Waals surface area contributed by atoms with Crippen LogP contribution in [0.25, 0.3) is 0 Å². The Bertz CT molecular complexity index is 498. The monoisotopic (exact) mass is 556 g/mol. The molecule has 0 spiro atoms. The molecule has 0 saturated heterocycles. The molecular formula is C34H69O3P. The summed E-state index contributed by atoms with van der Waals surface area (Å²) in [5.41, 5.74) is 0. The zero-order chi connectivity index (χ0) is 27.8. The summed E-state index contributed by atoms with van der Waals surface area (Å²) in [7, 11) is -2.94. The second-order valence-corrected chi connectivity index (χ2v) is 13.7. The minimum atomic E-state index is -2.94. The van der Waals surface area contributed by atoms with Crippen molar-refractivity contribution in [2.24, 2.45) is 0 Å². The molecule has 0 fully saturated rings. The number of unbranched alkanes of at least 4 members (excludes halogenated alkanes) is 22. The second kappa shape index (κ2) is 31.4. The van der Waals surface area contributed by atoms with E-state index in [4.69, 9.17) is 9.05 Å². The third kappa shape index (κ3) is 28.9. The molecule has 0 heterocycles. The van der Waals surface area contributed by atoms with Crippen molar-refractivity contribution in [1.82, 2.24) is 0 Å². The third-order valence-electron chi connectivity index (χ3n) is 7.52. The molecule has 228 valence electrons. The Labute approximate surface area is 240 Å². The SMILES string of the molecule is CCCCCCCC/C=C\CCCCCCCCP(=O)(OCCCCCCCC)OCCCCCCCC. The van der Waals surface area contributed by atoms with E-state index in [-0.39, 0.29) is 0 Å². The van der Waals surface area contributed by atoms with Gasteiger partial charge in [-0.2, -0.15) is 0 Å². The summed E-state index contributed by atoms with van der Waals surface area (Å²) in [6.45, 7) is 7.95. The molecule has 0 aromatic carbocycles. The highest BCUT2D eigenvalue weighted by atomic mass is 31.2. The van der Waals surface area contributed by atoms with Crippen molar-refractivity contribution in [3.05, 3.63) is 12.2 Å². The molecule has 0 saturated carbocycles. The molecule has 0 aromatic heterocycles. The number of rotatable bonds is 32. The van der Waals surface area contributed by atoms with Gasteiger partial charge < -0.3 is 9.05 Å². The molecule has 0 amide bonds. The van der Waals surface area contributed by atoms with Gasteiger partial charge >= 0.3 is 7.60 Å². The summed E-state index contributed by atoms with van der Waals surface area (Å²) >= 11 is 0. The lowest BCUT2D eigenvalue weighted by Gasteiger charge is -2.19. The van der Waals surface area contributed by atoms with E-state index >= 15 is 0 Å². The van der Waals surface area contributed by atoms with E-state index in [1.165, 1.54) is 141 Å². The molecule has 0 aliphatic heterocycles. The summed E-state index contributed by atoms with van der Waals surface area (Å²) in [6.07, 6.45) is 38.1. The first-order valence-corrected chi connectivity index (χ1v) is 18.9. The van der Waals surface area contributed by atoms with Crippen LogP contribution in [-0.2, 0) is 13.6 Å². The van der Waals surface area contributed by atoms with Gasteiger partial charge in [-0.15, -0.1) is 0 Å². The standard InChI is InChI=1S/C34H69O3P/c1-4-7-10-13-16-17-18-19-20-21-22-23-24-25-28-31-34-38(35,36-32-29-26-14-11-8-5-2)37-33-30-27-15-12-9-6-3/h19-20H,4-18,21-34H2,1-3H3/b20-19-. The first-order chi connectivity index (χ1) is 18.7. The van der Waals surface area contributed by atoms with Crippen molar-refractivity contribution in [3.63, 3.8) is 0 Å². The zero-order valence-corrected chi connectivity index (χ0v) is 27.2. The minimum Gasteiger partial charge on any atom is -0.309 e. The number of hydrogen-bond acceptors (Lipinski definition) is 3. The Morgan fingerprint density at radius 1 is 0.421 bits per heavy atom. The van der Waals surface area contributed by atoms with E-state index in [1.54, 1.807) is 0 Å². The van der Waals surface area contributed by atoms with Crippen LogP contribution in [0.1, 0.15) is 188 Å². The van der Waals surface area contributed by atoms with Crippen LogP contribution in [0.5, 0.6) is 0 Å². The van der Waals surface area contributed by atoms with E-state index in [0.29, 0.717) is 19.4 Å². The van der Waals surface area contributed by atoms with Crippen LogP contribution in [0, 0.1) is 0 Å². The lowest BCUT2D eigenvalue weighted by molar-refractivity contribution is 0.197. The lowest BCUT2D eigenvalue weighted by atomic mass is 10.1. The van der Waals surface area contributed by atoms with Crippen molar-refractivity contribution in [3.8, 4) is 0 Å². The van der Waals surface area contributed by atoms with Gasteiger partial charge in [-0.3, -0.25) is 4.57 Å². The Morgan fingerprint density at radius 3 is 1.13 bits per heavy atom. The highest BCUT2D eigenvalue weighted by Gasteiger charge is 2.23. The van der Waals surface area contributed by atoms with Crippen LogP contribution in [0.4, 0.5) is 0 Å². The minimum absolute atomic E-state index is 0.590. The Balaban J connectivity index is 3.94. The average molecular weight is 557 g/mol. The Kier molecular flexibility index (Phi) is 31.3. The van der Waals surface area contributed by atoms with Crippen molar-refractivity contribution in [2.75, 3.05) is 19.4 Å². The van der Waals surface area contributed by atoms with Gasteiger partial charge in [0, 0.05) is 0 Å². The number of allylic oxidation sites excluding steroid dienone is 2. The molecule has 0 radical (unpaired) electrons. The fourth-order valence-corrected chi connectivity index (χ4v) is 6.65. The molecule has 0 N–H and O–H groups in total. The second-order valence-electron chi connectivity index (χ2n) is 11.5. The van der Waals surface area contributed by atoms with Gasteiger partial charge in [0.25, 0.3) is 0 Å². The van der Waals surface area contributed by atoms with Crippen molar-refractivity contribution >= 4 is 7.60 Å². The van der Waals surface area contributed by atoms with E-state index < -0.39 is 7.60 Å². The van der Waals surface area contributed by atoms with E-state index in [9.17, 15) is 4.57 Å². The maximum Gasteiger partial charge on any atom is 0.330 e. The van der Waals surface area contributed by atoms with Crippen LogP contribution >= 0.6 is 7.60 Å². The van der Waals surface area contributed by atoms with Gasteiger partial charge in [0.15, 0.2) is 0 Å². The van der Waals surface area contributed by atoms with E-state index in [1.807, 2.05) is 0 Å². The molecule has 38 heavy (non-hydrogen) atoms. The first kappa shape index (κ1) is 37.9. The molecule has 0 aliphatic carbocycles. The number of hydrogen-bond donors (Lipinski definition) is 0. The van der Waals surface area contributed by atoms with Crippen molar-refractivity contribution < 1.29 is 13.6 Å². The maximum atomic E-state index is 13.4. The van der Waals surface area contributed by atoms with Crippen LogP contribution < -0.4 is 0 Å². The van der Waals surface area contributed by atoms with Crippen LogP contribution in [0.2, 0.25) is 0 Å². The fraction of sp³-hybridized carbons (Fsp3) is 0.941. The Morgan fingerprint density at radius 2 is 0.737 bits per heavy atom. The van der Waals surface area contributed by atoms with Gasteiger partial charge in [-0.1, -0.05) is 155 Å². The van der Waals surface area contributed by atoms with E-state index in [0.717, 1.165) is 25.7 Å². The highest BCUT2D eigenvalue weighted by Crippen LogP contribution is 2.49. The summed E-state index contributed by atoms with van der Waals surface area (Å²) in [6, 6.07) is 0. The Hall–Kier alpha value is -0.110. The van der Waals surface area contributed by atoms with Crippen LogP contribution in [0.15, 0.2) is 12.2 Å². The van der Waals surface area contributed by atoms with Gasteiger partial charge in [0.05, 0.1) is 19.4 Å².